The highest BCUT2D eigenvalue weighted by molar-refractivity contribution is 5.85. The Morgan fingerprint density at radius 2 is 2.21 bits per heavy atom. The SMILES string of the molecule is O=C(O)c1cncc(NCCCN2CCOCC2)n1. The first-order valence-electron chi connectivity index (χ1n) is 6.35. The van der Waals surface area contributed by atoms with Gasteiger partial charge < -0.3 is 15.2 Å². The maximum atomic E-state index is 10.7. The Morgan fingerprint density at radius 1 is 1.42 bits per heavy atom. The minimum atomic E-state index is -1.07. The molecule has 1 aromatic heterocycles. The van der Waals surface area contributed by atoms with Crippen molar-refractivity contribution in [3.63, 3.8) is 0 Å². The molecule has 2 rings (SSSR count). The molecule has 19 heavy (non-hydrogen) atoms. The predicted octanol–water partition coefficient (Wildman–Crippen LogP) is 0.309. The highest BCUT2D eigenvalue weighted by atomic mass is 16.5. The van der Waals surface area contributed by atoms with E-state index in [1.807, 2.05) is 0 Å². The lowest BCUT2D eigenvalue weighted by Crippen LogP contribution is -2.37. The average molecular weight is 266 g/mol. The van der Waals surface area contributed by atoms with Gasteiger partial charge in [-0.15, -0.1) is 0 Å². The third-order valence-electron chi connectivity index (χ3n) is 2.91. The van der Waals surface area contributed by atoms with Gasteiger partial charge in [0.05, 0.1) is 25.6 Å². The number of aromatic carboxylic acids is 1. The van der Waals surface area contributed by atoms with Crippen molar-refractivity contribution >= 4 is 11.8 Å². The largest absolute Gasteiger partial charge is 0.476 e. The molecule has 1 fully saturated rings. The third-order valence-corrected chi connectivity index (χ3v) is 2.91. The molecule has 1 aliphatic heterocycles. The Morgan fingerprint density at radius 3 is 2.95 bits per heavy atom. The summed E-state index contributed by atoms with van der Waals surface area (Å²) >= 11 is 0. The molecular weight excluding hydrogens is 248 g/mol. The van der Waals surface area contributed by atoms with E-state index in [-0.39, 0.29) is 5.69 Å². The van der Waals surface area contributed by atoms with Gasteiger partial charge in [-0.3, -0.25) is 9.88 Å². The minimum Gasteiger partial charge on any atom is -0.476 e. The number of hydrogen-bond acceptors (Lipinski definition) is 6. The number of morpholine rings is 1. The highest BCUT2D eigenvalue weighted by Gasteiger charge is 2.09. The van der Waals surface area contributed by atoms with Gasteiger partial charge in [0, 0.05) is 19.6 Å². The van der Waals surface area contributed by atoms with E-state index < -0.39 is 5.97 Å². The molecule has 0 bridgehead atoms. The van der Waals surface area contributed by atoms with Crippen LogP contribution < -0.4 is 5.32 Å². The predicted molar refractivity (Wildman–Crippen MR) is 69.4 cm³/mol. The van der Waals surface area contributed by atoms with Crippen LogP contribution in [0.2, 0.25) is 0 Å². The summed E-state index contributed by atoms with van der Waals surface area (Å²) in [7, 11) is 0. The van der Waals surface area contributed by atoms with Crippen LogP contribution in [0.25, 0.3) is 0 Å². The van der Waals surface area contributed by atoms with Crippen LogP contribution in [0.1, 0.15) is 16.9 Å². The van der Waals surface area contributed by atoms with Crippen molar-refractivity contribution < 1.29 is 14.6 Å². The molecule has 0 saturated carbocycles. The minimum absolute atomic E-state index is 0.0434. The standard InChI is InChI=1S/C12H18N4O3/c17-12(18)10-8-13-9-11(15-10)14-2-1-3-16-4-6-19-7-5-16/h8-9H,1-7H2,(H,14,15)(H,17,18). The number of anilines is 1. The van der Waals surface area contributed by atoms with Crippen molar-refractivity contribution in [2.45, 2.75) is 6.42 Å². The van der Waals surface area contributed by atoms with Crippen LogP contribution in [0.3, 0.4) is 0 Å². The van der Waals surface area contributed by atoms with E-state index >= 15 is 0 Å². The molecule has 0 aliphatic carbocycles. The number of aromatic nitrogens is 2. The zero-order valence-electron chi connectivity index (χ0n) is 10.7. The number of ether oxygens (including phenoxy) is 1. The molecule has 1 saturated heterocycles. The number of carboxylic acids is 1. The normalized spacial score (nSPS) is 16.2. The second-order valence-electron chi connectivity index (χ2n) is 4.33. The summed E-state index contributed by atoms with van der Waals surface area (Å²) in [6.45, 7) is 5.32. The van der Waals surface area contributed by atoms with Crippen molar-refractivity contribution in [3.8, 4) is 0 Å². The number of nitrogens with one attached hydrogen (secondary N) is 1. The average Bonchev–Trinajstić information content (AvgIpc) is 2.45. The molecule has 104 valence electrons. The summed E-state index contributed by atoms with van der Waals surface area (Å²) in [6.07, 6.45) is 3.74. The molecule has 0 spiro atoms. The maximum Gasteiger partial charge on any atom is 0.356 e. The van der Waals surface area contributed by atoms with Crippen molar-refractivity contribution in [1.29, 1.82) is 0 Å². The van der Waals surface area contributed by atoms with Crippen molar-refractivity contribution in [2.24, 2.45) is 0 Å². The zero-order chi connectivity index (χ0) is 13.5. The lowest BCUT2D eigenvalue weighted by atomic mass is 10.3. The van der Waals surface area contributed by atoms with Gasteiger partial charge in [0.15, 0.2) is 5.69 Å². The molecular formula is C12H18N4O3. The zero-order valence-corrected chi connectivity index (χ0v) is 10.7. The van der Waals surface area contributed by atoms with Crippen LogP contribution in [0.5, 0.6) is 0 Å². The quantitative estimate of drug-likeness (QED) is 0.716. The van der Waals surface area contributed by atoms with Gasteiger partial charge in [0.1, 0.15) is 5.82 Å². The summed E-state index contributed by atoms with van der Waals surface area (Å²) in [5.41, 5.74) is -0.0434. The van der Waals surface area contributed by atoms with Crippen LogP contribution >= 0.6 is 0 Å². The Labute approximate surface area is 111 Å². The fourth-order valence-electron chi connectivity index (χ4n) is 1.90. The molecule has 0 radical (unpaired) electrons. The molecule has 0 aromatic carbocycles. The molecule has 0 atom stereocenters. The Hall–Kier alpha value is -1.73. The maximum absolute atomic E-state index is 10.7. The number of carbonyl (C=O) groups is 1. The summed E-state index contributed by atoms with van der Waals surface area (Å²) in [5.74, 6) is -0.564. The first-order chi connectivity index (χ1) is 9.25. The lowest BCUT2D eigenvalue weighted by molar-refractivity contribution is 0.0378. The lowest BCUT2D eigenvalue weighted by Gasteiger charge is -2.26. The van der Waals surface area contributed by atoms with Gasteiger partial charge in [-0.25, -0.2) is 9.78 Å². The number of nitrogens with zero attached hydrogens (tertiary/aromatic N) is 3. The highest BCUT2D eigenvalue weighted by Crippen LogP contribution is 2.03. The summed E-state index contributed by atoms with van der Waals surface area (Å²) < 4.78 is 5.28. The van der Waals surface area contributed by atoms with Crippen molar-refractivity contribution in [2.75, 3.05) is 44.7 Å². The van der Waals surface area contributed by atoms with Crippen LogP contribution in [0.4, 0.5) is 5.82 Å². The number of rotatable bonds is 6. The van der Waals surface area contributed by atoms with E-state index in [1.54, 1.807) is 0 Å². The Balaban J connectivity index is 1.70. The number of hydrogen-bond donors (Lipinski definition) is 2. The van der Waals surface area contributed by atoms with Crippen LogP contribution in [-0.4, -0.2) is 65.3 Å². The van der Waals surface area contributed by atoms with E-state index in [1.165, 1.54) is 12.4 Å². The topological polar surface area (TPSA) is 87.6 Å². The van der Waals surface area contributed by atoms with Gasteiger partial charge >= 0.3 is 5.97 Å². The second kappa shape index (κ2) is 7.01. The first-order valence-corrected chi connectivity index (χ1v) is 6.35. The van der Waals surface area contributed by atoms with Crippen LogP contribution in [0.15, 0.2) is 12.4 Å². The van der Waals surface area contributed by atoms with Gasteiger partial charge in [0.25, 0.3) is 0 Å². The molecule has 0 amide bonds. The Kier molecular flexibility index (Phi) is 5.05. The van der Waals surface area contributed by atoms with E-state index in [9.17, 15) is 4.79 Å². The van der Waals surface area contributed by atoms with E-state index in [0.29, 0.717) is 5.82 Å². The smallest absolute Gasteiger partial charge is 0.356 e. The van der Waals surface area contributed by atoms with Gasteiger partial charge in [-0.1, -0.05) is 0 Å². The van der Waals surface area contributed by atoms with Gasteiger partial charge in [0.2, 0.25) is 0 Å². The summed E-state index contributed by atoms with van der Waals surface area (Å²) in [5, 5.41) is 11.9. The molecule has 1 aliphatic rings. The third kappa shape index (κ3) is 4.46. The fraction of sp³-hybridized carbons (Fsp3) is 0.583. The fourth-order valence-corrected chi connectivity index (χ4v) is 1.90. The van der Waals surface area contributed by atoms with E-state index in [2.05, 4.69) is 20.2 Å². The molecule has 2 heterocycles. The van der Waals surface area contributed by atoms with E-state index in [4.69, 9.17) is 9.84 Å². The molecule has 1 aromatic rings. The monoisotopic (exact) mass is 266 g/mol. The van der Waals surface area contributed by atoms with Crippen LogP contribution in [-0.2, 0) is 4.74 Å². The van der Waals surface area contributed by atoms with Gasteiger partial charge in [-0.2, -0.15) is 0 Å². The molecule has 7 heteroatoms. The molecule has 2 N–H and O–H groups in total. The summed E-state index contributed by atoms with van der Waals surface area (Å²) in [4.78, 5) is 20.9. The summed E-state index contributed by atoms with van der Waals surface area (Å²) in [6, 6.07) is 0. The first kappa shape index (κ1) is 13.7. The molecule has 0 unspecified atom stereocenters. The second-order valence-corrected chi connectivity index (χ2v) is 4.33. The van der Waals surface area contributed by atoms with E-state index in [0.717, 1.165) is 45.8 Å². The number of carboxylic acid groups (broad SMARTS) is 1. The van der Waals surface area contributed by atoms with Crippen molar-refractivity contribution in [3.05, 3.63) is 18.1 Å². The molecule has 7 nitrogen and oxygen atoms in total. The van der Waals surface area contributed by atoms with Crippen LogP contribution in [0, 0.1) is 0 Å². The van der Waals surface area contributed by atoms with Gasteiger partial charge in [-0.05, 0) is 13.0 Å². The van der Waals surface area contributed by atoms with Crippen molar-refractivity contribution in [1.82, 2.24) is 14.9 Å². The Bertz CT molecular complexity index is 421.